The van der Waals surface area contributed by atoms with Crippen molar-refractivity contribution in [1.82, 2.24) is 4.90 Å². The second-order valence-corrected chi connectivity index (χ2v) is 5.95. The van der Waals surface area contributed by atoms with Crippen LogP contribution in [0.5, 0.6) is 0 Å². The van der Waals surface area contributed by atoms with Crippen LogP contribution < -0.4 is 5.32 Å². The van der Waals surface area contributed by atoms with Crippen LogP contribution in [0.25, 0.3) is 0 Å². The first-order valence-corrected chi connectivity index (χ1v) is 7.20. The van der Waals surface area contributed by atoms with Gasteiger partial charge < -0.3 is 5.32 Å². The fourth-order valence-corrected chi connectivity index (χ4v) is 3.54. The minimum Gasteiger partial charge on any atom is -0.381 e. The average Bonchev–Trinajstić information content (AvgIpc) is 2.92. The molecule has 2 nitrogen and oxygen atoms in total. The molecule has 0 spiro atoms. The van der Waals surface area contributed by atoms with Gasteiger partial charge in [-0.25, -0.2) is 0 Å². The zero-order valence-electron chi connectivity index (χ0n) is 10.9. The van der Waals surface area contributed by atoms with Gasteiger partial charge in [0.05, 0.1) is 5.56 Å². The summed E-state index contributed by atoms with van der Waals surface area (Å²) < 4.78 is 38.3. The van der Waals surface area contributed by atoms with Gasteiger partial charge in [0.15, 0.2) is 0 Å². The number of halogens is 4. The van der Waals surface area contributed by atoms with Crippen molar-refractivity contribution in [2.24, 2.45) is 0 Å². The van der Waals surface area contributed by atoms with E-state index in [1.807, 2.05) is 0 Å². The second kappa shape index (κ2) is 5.11. The maximum atomic E-state index is 12.8. The van der Waals surface area contributed by atoms with Gasteiger partial charge in [0.25, 0.3) is 0 Å². The summed E-state index contributed by atoms with van der Waals surface area (Å²) in [5, 5.41) is 3.35. The van der Waals surface area contributed by atoms with Crippen molar-refractivity contribution in [2.75, 3.05) is 18.4 Å². The lowest BCUT2D eigenvalue weighted by Gasteiger charge is -2.23. The van der Waals surface area contributed by atoms with E-state index in [4.69, 9.17) is 11.6 Å². The summed E-state index contributed by atoms with van der Waals surface area (Å²) in [6, 6.07) is 4.33. The maximum absolute atomic E-state index is 12.8. The predicted octanol–water partition coefficient (Wildman–Crippen LogP) is 4.01. The first kappa shape index (κ1) is 14.0. The molecule has 110 valence electrons. The Morgan fingerprint density at radius 2 is 1.95 bits per heavy atom. The summed E-state index contributed by atoms with van der Waals surface area (Å²) in [6.45, 7) is 2.13. The summed E-state index contributed by atoms with van der Waals surface area (Å²) in [4.78, 5) is 2.41. The smallest absolute Gasteiger partial charge is 0.381 e. The molecule has 2 unspecified atom stereocenters. The van der Waals surface area contributed by atoms with E-state index in [-0.39, 0.29) is 11.1 Å². The Kier molecular flexibility index (Phi) is 3.58. The van der Waals surface area contributed by atoms with Crippen molar-refractivity contribution in [2.45, 2.75) is 37.5 Å². The molecule has 0 bridgehead atoms. The molecule has 2 fully saturated rings. The number of hydrogen-bond acceptors (Lipinski definition) is 2. The third kappa shape index (κ3) is 2.74. The minimum atomic E-state index is -4.36. The summed E-state index contributed by atoms with van der Waals surface area (Å²) in [6.07, 6.45) is -1.11. The van der Waals surface area contributed by atoms with E-state index in [1.54, 1.807) is 6.07 Å². The van der Waals surface area contributed by atoms with Crippen LogP contribution in [0.4, 0.5) is 18.9 Å². The lowest BCUT2D eigenvalue weighted by atomic mass is 10.1. The van der Waals surface area contributed by atoms with Crippen LogP contribution in [-0.2, 0) is 6.18 Å². The fourth-order valence-electron chi connectivity index (χ4n) is 3.30. The number of hydrogen-bond donors (Lipinski definition) is 1. The van der Waals surface area contributed by atoms with E-state index < -0.39 is 11.7 Å². The number of benzene rings is 1. The highest BCUT2D eigenvalue weighted by Crippen LogP contribution is 2.35. The van der Waals surface area contributed by atoms with Crippen LogP contribution in [-0.4, -0.2) is 30.1 Å². The Morgan fingerprint density at radius 1 is 1.15 bits per heavy atom. The van der Waals surface area contributed by atoms with E-state index in [0.717, 1.165) is 38.1 Å². The molecule has 0 amide bonds. The van der Waals surface area contributed by atoms with Crippen molar-refractivity contribution in [3.8, 4) is 0 Å². The zero-order valence-corrected chi connectivity index (χ0v) is 11.6. The molecule has 20 heavy (non-hydrogen) atoms. The number of rotatable bonds is 2. The molecule has 1 N–H and O–H groups in total. The Morgan fingerprint density at radius 3 is 2.70 bits per heavy atom. The lowest BCUT2D eigenvalue weighted by molar-refractivity contribution is -0.137. The Balaban J connectivity index is 1.79. The number of nitrogens with zero attached hydrogens (tertiary/aromatic N) is 1. The number of alkyl halides is 3. The molecular formula is C14H16ClF3N2. The van der Waals surface area contributed by atoms with Gasteiger partial charge in [-0.05, 0) is 44.0 Å². The quantitative estimate of drug-likeness (QED) is 0.888. The van der Waals surface area contributed by atoms with Gasteiger partial charge >= 0.3 is 6.18 Å². The molecule has 1 aromatic carbocycles. The number of anilines is 1. The molecule has 0 radical (unpaired) electrons. The van der Waals surface area contributed by atoms with Crippen LogP contribution in [0, 0.1) is 0 Å². The molecular weight excluding hydrogens is 289 g/mol. The third-order valence-corrected chi connectivity index (χ3v) is 4.40. The van der Waals surface area contributed by atoms with Crippen LogP contribution in [0.3, 0.4) is 0 Å². The number of fused-ring (bicyclic) bond motifs is 1. The van der Waals surface area contributed by atoms with Crippen molar-refractivity contribution >= 4 is 17.3 Å². The third-order valence-electron chi connectivity index (χ3n) is 4.18. The standard InChI is InChI=1S/C14H16ClF3N2/c15-10-6-9(14(16,17)18)7-11(8-10)19-12-3-5-20-4-1-2-13(12)20/h6-8,12-13,19H,1-5H2. The Hall–Kier alpha value is -0.940. The number of nitrogens with one attached hydrogen (secondary N) is 1. The minimum absolute atomic E-state index is 0.114. The fraction of sp³-hybridized carbons (Fsp3) is 0.571. The van der Waals surface area contributed by atoms with Crippen LogP contribution in [0.2, 0.25) is 5.02 Å². The maximum Gasteiger partial charge on any atom is 0.416 e. The van der Waals surface area contributed by atoms with Gasteiger partial charge in [-0.15, -0.1) is 0 Å². The summed E-state index contributed by atoms with van der Waals surface area (Å²) in [5.41, 5.74) is -0.239. The highest BCUT2D eigenvalue weighted by molar-refractivity contribution is 6.30. The van der Waals surface area contributed by atoms with Crippen molar-refractivity contribution < 1.29 is 13.2 Å². The summed E-state index contributed by atoms with van der Waals surface area (Å²) >= 11 is 5.80. The van der Waals surface area contributed by atoms with Gasteiger partial charge in [0, 0.05) is 29.3 Å². The van der Waals surface area contributed by atoms with Crippen LogP contribution >= 0.6 is 11.6 Å². The topological polar surface area (TPSA) is 15.3 Å². The average molecular weight is 305 g/mol. The largest absolute Gasteiger partial charge is 0.416 e. The Labute approximate surface area is 120 Å². The molecule has 2 heterocycles. The monoisotopic (exact) mass is 304 g/mol. The van der Waals surface area contributed by atoms with Gasteiger partial charge in [-0.3, -0.25) is 4.90 Å². The second-order valence-electron chi connectivity index (χ2n) is 5.51. The molecule has 3 rings (SSSR count). The molecule has 0 aliphatic carbocycles. The van der Waals surface area contributed by atoms with Gasteiger partial charge in [-0.2, -0.15) is 13.2 Å². The van der Waals surface area contributed by atoms with Crippen molar-refractivity contribution in [1.29, 1.82) is 0 Å². The van der Waals surface area contributed by atoms with E-state index >= 15 is 0 Å². The first-order chi connectivity index (χ1) is 9.43. The molecule has 2 aliphatic rings. The highest BCUT2D eigenvalue weighted by atomic mass is 35.5. The molecule has 0 saturated carbocycles. The molecule has 0 aromatic heterocycles. The summed E-state index contributed by atoms with van der Waals surface area (Å²) in [5.74, 6) is 0. The molecule has 2 atom stereocenters. The predicted molar refractivity (Wildman–Crippen MR) is 73.1 cm³/mol. The molecule has 1 aromatic rings. The normalized spacial score (nSPS) is 26.8. The highest BCUT2D eigenvalue weighted by Gasteiger charge is 2.37. The Bertz CT molecular complexity index is 504. The van der Waals surface area contributed by atoms with E-state index in [1.165, 1.54) is 6.42 Å². The van der Waals surface area contributed by atoms with Crippen LogP contribution in [0.1, 0.15) is 24.8 Å². The van der Waals surface area contributed by atoms with Gasteiger partial charge in [-0.1, -0.05) is 11.6 Å². The van der Waals surface area contributed by atoms with Crippen LogP contribution in [0.15, 0.2) is 18.2 Å². The van der Waals surface area contributed by atoms with Gasteiger partial charge in [0.2, 0.25) is 0 Å². The first-order valence-electron chi connectivity index (χ1n) is 6.82. The summed E-state index contributed by atoms with van der Waals surface area (Å²) in [7, 11) is 0. The van der Waals surface area contributed by atoms with E-state index in [9.17, 15) is 13.2 Å². The lowest BCUT2D eigenvalue weighted by Crippen LogP contribution is -2.33. The molecule has 2 aliphatic heterocycles. The molecule has 6 heteroatoms. The van der Waals surface area contributed by atoms with E-state index in [2.05, 4.69) is 10.2 Å². The zero-order chi connectivity index (χ0) is 14.3. The van der Waals surface area contributed by atoms with E-state index in [0.29, 0.717) is 11.7 Å². The molecule has 2 saturated heterocycles. The SMILES string of the molecule is FC(F)(F)c1cc(Cl)cc(NC2CCN3CCCC23)c1. The van der Waals surface area contributed by atoms with Crippen molar-refractivity contribution in [3.63, 3.8) is 0 Å². The van der Waals surface area contributed by atoms with Gasteiger partial charge in [0.1, 0.15) is 0 Å². The van der Waals surface area contributed by atoms with Crippen molar-refractivity contribution in [3.05, 3.63) is 28.8 Å².